The van der Waals surface area contributed by atoms with Gasteiger partial charge in [0.1, 0.15) is 5.57 Å². The Morgan fingerprint density at radius 3 is 2.14 bits per heavy atom. The maximum atomic E-state index is 12.7. The van der Waals surface area contributed by atoms with E-state index in [4.69, 9.17) is 0 Å². The van der Waals surface area contributed by atoms with Gasteiger partial charge in [0.15, 0.2) is 11.6 Å². The smallest absolute Gasteiger partial charge is 0.200 e. The van der Waals surface area contributed by atoms with Crippen molar-refractivity contribution in [1.82, 2.24) is 0 Å². The van der Waals surface area contributed by atoms with Gasteiger partial charge < -0.3 is 4.90 Å². The lowest BCUT2D eigenvalue weighted by Crippen LogP contribution is -2.21. The maximum Gasteiger partial charge on any atom is 0.200 e. The van der Waals surface area contributed by atoms with Crippen LogP contribution in [0, 0.1) is 0 Å². The molecule has 0 amide bonds. The van der Waals surface area contributed by atoms with Gasteiger partial charge in [0, 0.05) is 22.6 Å². The quantitative estimate of drug-likeness (QED) is 0.591. The summed E-state index contributed by atoms with van der Waals surface area (Å²) in [4.78, 5) is 28.5. The summed E-state index contributed by atoms with van der Waals surface area (Å²) in [6.45, 7) is 2.75. The number of nitrogens with zero attached hydrogens (tertiary/aromatic N) is 1. The van der Waals surface area contributed by atoms with Crippen molar-refractivity contribution in [3.8, 4) is 0 Å². The van der Waals surface area contributed by atoms with Gasteiger partial charge in [-0.3, -0.25) is 9.59 Å². The van der Waals surface area contributed by atoms with E-state index in [9.17, 15) is 9.59 Å². The maximum absolute atomic E-state index is 12.7. The molecule has 108 valence electrons. The van der Waals surface area contributed by atoms with Crippen LogP contribution in [-0.2, 0) is 0 Å². The van der Waals surface area contributed by atoms with Crippen molar-refractivity contribution in [3.05, 3.63) is 70.3 Å². The number of hydrogen-bond acceptors (Lipinski definition) is 4. The van der Waals surface area contributed by atoms with Crippen LogP contribution >= 0.6 is 11.8 Å². The third-order valence-electron chi connectivity index (χ3n) is 4.01. The van der Waals surface area contributed by atoms with Crippen molar-refractivity contribution >= 4 is 29.0 Å². The monoisotopic (exact) mass is 307 g/mol. The molecule has 1 aliphatic heterocycles. The van der Waals surface area contributed by atoms with Crippen molar-refractivity contribution in [2.45, 2.75) is 11.8 Å². The van der Waals surface area contributed by atoms with E-state index in [-0.39, 0.29) is 11.6 Å². The number of benzene rings is 2. The van der Waals surface area contributed by atoms with Crippen LogP contribution in [0.25, 0.3) is 0 Å². The van der Waals surface area contributed by atoms with E-state index in [0.717, 1.165) is 22.2 Å². The lowest BCUT2D eigenvalue weighted by Gasteiger charge is -2.19. The molecule has 0 saturated heterocycles. The van der Waals surface area contributed by atoms with Crippen LogP contribution in [0.15, 0.2) is 64.0 Å². The average molecular weight is 307 g/mol. The Morgan fingerprint density at radius 1 is 0.909 bits per heavy atom. The number of thioether (sulfide) groups is 1. The van der Waals surface area contributed by atoms with Crippen LogP contribution in [0.4, 0.5) is 5.69 Å². The zero-order valence-corrected chi connectivity index (χ0v) is 12.8. The zero-order chi connectivity index (χ0) is 15.3. The third-order valence-corrected chi connectivity index (χ3v) is 5.19. The Bertz CT molecular complexity index is 817. The minimum absolute atomic E-state index is 0.158. The average Bonchev–Trinajstić information content (AvgIpc) is 3.03. The Morgan fingerprint density at radius 2 is 1.50 bits per heavy atom. The van der Waals surface area contributed by atoms with Crippen LogP contribution < -0.4 is 4.90 Å². The lowest BCUT2D eigenvalue weighted by atomic mass is 10.1. The Hall–Kier alpha value is -2.33. The van der Waals surface area contributed by atoms with E-state index in [1.165, 1.54) is 11.8 Å². The summed E-state index contributed by atoms with van der Waals surface area (Å²) in [5, 5.41) is 0.759. The number of Topliss-reactive ketones (excluding diaryl/α,β-unsaturated/α-hetero) is 2. The van der Waals surface area contributed by atoms with Gasteiger partial charge in [0.25, 0.3) is 0 Å². The summed E-state index contributed by atoms with van der Waals surface area (Å²) >= 11 is 1.51. The van der Waals surface area contributed by atoms with Gasteiger partial charge in [-0.1, -0.05) is 48.2 Å². The number of rotatable bonds is 1. The molecule has 2 aromatic rings. The first-order valence-corrected chi connectivity index (χ1v) is 8.01. The summed E-state index contributed by atoms with van der Waals surface area (Å²) in [7, 11) is 0. The number of ketones is 2. The molecule has 4 heteroatoms. The van der Waals surface area contributed by atoms with Crippen LogP contribution in [0.5, 0.6) is 0 Å². The van der Waals surface area contributed by atoms with Crippen LogP contribution in [0.2, 0.25) is 0 Å². The first-order valence-electron chi connectivity index (χ1n) is 7.19. The highest BCUT2D eigenvalue weighted by Gasteiger charge is 2.39. The Labute approximate surface area is 132 Å². The number of carbonyl (C=O) groups is 2. The second-order valence-electron chi connectivity index (χ2n) is 5.20. The second kappa shape index (κ2) is 4.85. The molecule has 2 aromatic carbocycles. The minimum Gasteiger partial charge on any atom is -0.335 e. The summed E-state index contributed by atoms with van der Waals surface area (Å²) < 4.78 is 0. The summed E-state index contributed by atoms with van der Waals surface area (Å²) in [6, 6.07) is 15.0. The molecule has 0 saturated carbocycles. The predicted molar refractivity (Wildman–Crippen MR) is 87.4 cm³/mol. The SMILES string of the molecule is CCN1C(=C2C(=O)c3ccccc3C2=O)Sc2ccccc21. The molecule has 22 heavy (non-hydrogen) atoms. The molecule has 3 nitrogen and oxygen atoms in total. The fraction of sp³-hybridized carbons (Fsp3) is 0.111. The molecule has 0 N–H and O–H groups in total. The zero-order valence-electron chi connectivity index (χ0n) is 12.0. The van der Waals surface area contributed by atoms with Crippen LogP contribution in [0.1, 0.15) is 27.6 Å². The molecule has 0 aromatic heterocycles. The summed E-state index contributed by atoms with van der Waals surface area (Å²) in [5.41, 5.74) is 2.41. The molecular formula is C18H13NO2S. The predicted octanol–water partition coefficient (Wildman–Crippen LogP) is 3.91. The van der Waals surface area contributed by atoms with Crippen LogP contribution in [-0.4, -0.2) is 18.1 Å². The van der Waals surface area contributed by atoms with E-state index >= 15 is 0 Å². The van der Waals surface area contributed by atoms with E-state index in [0.29, 0.717) is 16.7 Å². The molecule has 0 fully saturated rings. The van der Waals surface area contributed by atoms with Gasteiger partial charge in [0.2, 0.25) is 0 Å². The molecule has 1 aliphatic carbocycles. The highest BCUT2D eigenvalue weighted by atomic mass is 32.2. The largest absolute Gasteiger partial charge is 0.335 e. The van der Waals surface area contributed by atoms with Gasteiger partial charge >= 0.3 is 0 Å². The number of carbonyl (C=O) groups excluding carboxylic acids is 2. The first-order chi connectivity index (χ1) is 10.7. The van der Waals surface area contributed by atoms with Crippen molar-refractivity contribution in [1.29, 1.82) is 0 Å². The molecule has 1 heterocycles. The molecule has 0 bridgehead atoms. The molecular weight excluding hydrogens is 294 g/mol. The van der Waals surface area contributed by atoms with E-state index in [1.807, 2.05) is 31.2 Å². The highest BCUT2D eigenvalue weighted by molar-refractivity contribution is 8.03. The third kappa shape index (κ3) is 1.70. The number of anilines is 1. The van der Waals surface area contributed by atoms with Crippen molar-refractivity contribution < 1.29 is 9.59 Å². The van der Waals surface area contributed by atoms with Gasteiger partial charge in [-0.15, -0.1) is 0 Å². The van der Waals surface area contributed by atoms with Crippen molar-refractivity contribution in [2.75, 3.05) is 11.4 Å². The number of hydrogen-bond donors (Lipinski definition) is 0. The standard InChI is InChI=1S/C18H13NO2S/c1-2-19-13-9-5-6-10-14(13)22-18(19)15-16(20)11-7-3-4-8-12(11)17(15)21/h3-10H,2H2,1H3. The van der Waals surface area contributed by atoms with E-state index in [2.05, 4.69) is 4.90 Å². The fourth-order valence-corrected chi connectivity index (χ4v) is 4.24. The molecule has 0 atom stereocenters. The Kier molecular flexibility index (Phi) is 2.94. The Balaban J connectivity index is 1.91. The minimum atomic E-state index is -0.158. The summed E-state index contributed by atoms with van der Waals surface area (Å²) in [5.74, 6) is -0.316. The molecule has 2 aliphatic rings. The highest BCUT2D eigenvalue weighted by Crippen LogP contribution is 2.48. The number of para-hydroxylation sites is 1. The molecule has 0 radical (unpaired) electrons. The number of fused-ring (bicyclic) bond motifs is 2. The molecule has 0 spiro atoms. The van der Waals surface area contributed by atoms with E-state index < -0.39 is 0 Å². The van der Waals surface area contributed by atoms with Gasteiger partial charge in [-0.2, -0.15) is 0 Å². The number of allylic oxidation sites excluding steroid dienone is 1. The topological polar surface area (TPSA) is 37.4 Å². The van der Waals surface area contributed by atoms with Crippen molar-refractivity contribution in [3.63, 3.8) is 0 Å². The van der Waals surface area contributed by atoms with Gasteiger partial charge in [-0.05, 0) is 19.1 Å². The normalized spacial score (nSPS) is 16.3. The fourth-order valence-electron chi connectivity index (χ4n) is 2.98. The second-order valence-corrected chi connectivity index (χ2v) is 6.23. The lowest BCUT2D eigenvalue weighted by molar-refractivity contribution is 0.0988. The van der Waals surface area contributed by atoms with E-state index in [1.54, 1.807) is 24.3 Å². The summed E-state index contributed by atoms with van der Waals surface area (Å²) in [6.07, 6.45) is 0. The van der Waals surface area contributed by atoms with Gasteiger partial charge in [0.05, 0.1) is 10.7 Å². The molecule has 4 rings (SSSR count). The van der Waals surface area contributed by atoms with Crippen LogP contribution in [0.3, 0.4) is 0 Å². The van der Waals surface area contributed by atoms with Crippen molar-refractivity contribution in [2.24, 2.45) is 0 Å². The molecule has 0 unspecified atom stereocenters. The van der Waals surface area contributed by atoms with Gasteiger partial charge in [-0.25, -0.2) is 0 Å². The first kappa shape index (κ1) is 13.3.